The molecule has 0 aliphatic rings. The Morgan fingerprint density at radius 3 is 2.75 bits per heavy atom. The topological polar surface area (TPSA) is 50.1 Å². The second kappa shape index (κ2) is 2.37. The summed E-state index contributed by atoms with van der Waals surface area (Å²) in [5.74, 6) is 0.369. The molecule has 60 valence electrons. The third-order valence-electron chi connectivity index (χ3n) is 1.88. The van der Waals surface area contributed by atoms with Crippen LogP contribution in [-0.2, 0) is 0 Å². The number of pyridine rings is 1. The van der Waals surface area contributed by atoms with Crippen molar-refractivity contribution in [3.05, 3.63) is 36.5 Å². The van der Waals surface area contributed by atoms with Crippen molar-refractivity contribution in [2.24, 2.45) is 0 Å². The van der Waals surface area contributed by atoms with Crippen molar-refractivity contribution in [3.63, 3.8) is 0 Å². The molecule has 1 aromatic carbocycles. The van der Waals surface area contributed by atoms with Crippen LogP contribution in [0.1, 0.15) is 0 Å². The highest BCUT2D eigenvalue weighted by Crippen LogP contribution is 2.15. The van der Waals surface area contributed by atoms with Crippen LogP contribution in [0.4, 0.5) is 5.82 Å². The Morgan fingerprint density at radius 1 is 1.17 bits per heavy atom. The Morgan fingerprint density at radius 2 is 1.92 bits per heavy atom. The van der Waals surface area contributed by atoms with E-state index in [1.165, 1.54) is 6.20 Å². The lowest BCUT2D eigenvalue weighted by Gasteiger charge is -1.97. The summed E-state index contributed by atoms with van der Waals surface area (Å²) in [7, 11) is 0. The molecule has 0 fully saturated rings. The van der Waals surface area contributed by atoms with Crippen LogP contribution in [0.5, 0.6) is 0 Å². The first-order valence-corrected chi connectivity index (χ1v) is 3.67. The fourth-order valence-corrected chi connectivity index (χ4v) is 1.23. The molecule has 0 bridgehead atoms. The highest BCUT2D eigenvalue weighted by Gasteiger charge is 2.06. The van der Waals surface area contributed by atoms with E-state index < -0.39 is 0 Å². The van der Waals surface area contributed by atoms with E-state index in [4.69, 9.17) is 5.73 Å². The SMILES string of the molecule is Nc1c2ccccc2cc[n+]1O. The lowest BCUT2D eigenvalue weighted by atomic mass is 10.2. The number of anilines is 1. The van der Waals surface area contributed by atoms with Gasteiger partial charge in [-0.1, -0.05) is 22.9 Å². The minimum atomic E-state index is 0.369. The van der Waals surface area contributed by atoms with Crippen LogP contribution in [-0.4, -0.2) is 5.21 Å². The smallest absolute Gasteiger partial charge is 0.319 e. The van der Waals surface area contributed by atoms with Gasteiger partial charge in [-0.15, -0.1) is 0 Å². The predicted molar refractivity (Wildman–Crippen MR) is 45.7 cm³/mol. The maximum Gasteiger partial charge on any atom is 0.319 e. The molecule has 0 aliphatic heterocycles. The number of rotatable bonds is 0. The van der Waals surface area contributed by atoms with Gasteiger partial charge in [0.1, 0.15) is 6.20 Å². The minimum absolute atomic E-state index is 0.369. The van der Waals surface area contributed by atoms with Crippen LogP contribution in [0.25, 0.3) is 10.8 Å². The summed E-state index contributed by atoms with van der Waals surface area (Å²) in [6.45, 7) is 0. The summed E-state index contributed by atoms with van der Waals surface area (Å²) < 4.78 is 0.919. The van der Waals surface area contributed by atoms with Crippen LogP contribution in [0.15, 0.2) is 36.5 Å². The molecule has 1 aromatic heterocycles. The van der Waals surface area contributed by atoms with Crippen LogP contribution in [0.3, 0.4) is 0 Å². The standard InChI is InChI=1S/C9H8N2O/c10-9-8-4-2-1-3-7(8)5-6-11(9)12/h1-6,10,12H/p+1. The maximum atomic E-state index is 9.21. The Bertz CT molecular complexity index is 426. The molecule has 2 aromatic rings. The zero-order valence-electron chi connectivity index (χ0n) is 6.44. The molecule has 12 heavy (non-hydrogen) atoms. The first kappa shape index (κ1) is 6.91. The first-order chi connectivity index (χ1) is 5.79. The summed E-state index contributed by atoms with van der Waals surface area (Å²) >= 11 is 0. The highest BCUT2D eigenvalue weighted by atomic mass is 16.5. The van der Waals surface area contributed by atoms with Crippen molar-refractivity contribution in [1.29, 1.82) is 0 Å². The third kappa shape index (κ3) is 0.871. The number of benzene rings is 1. The summed E-state index contributed by atoms with van der Waals surface area (Å²) in [5.41, 5.74) is 5.63. The van der Waals surface area contributed by atoms with E-state index in [9.17, 15) is 5.21 Å². The Hall–Kier alpha value is -1.77. The van der Waals surface area contributed by atoms with Gasteiger partial charge in [0.15, 0.2) is 0 Å². The van der Waals surface area contributed by atoms with Gasteiger partial charge in [0.2, 0.25) is 0 Å². The molecule has 0 unspecified atom stereocenters. The predicted octanol–water partition coefficient (Wildman–Crippen LogP) is 0.947. The molecule has 0 amide bonds. The molecule has 0 saturated carbocycles. The highest BCUT2D eigenvalue weighted by molar-refractivity contribution is 5.88. The van der Waals surface area contributed by atoms with E-state index in [1.807, 2.05) is 30.3 Å². The zero-order chi connectivity index (χ0) is 8.55. The number of fused-ring (bicyclic) bond motifs is 1. The van der Waals surface area contributed by atoms with E-state index in [2.05, 4.69) is 0 Å². The fourth-order valence-electron chi connectivity index (χ4n) is 1.23. The van der Waals surface area contributed by atoms with Crippen molar-refractivity contribution in [2.45, 2.75) is 0 Å². The molecular weight excluding hydrogens is 152 g/mol. The Balaban J connectivity index is 2.91. The minimum Gasteiger partial charge on any atom is -0.350 e. The van der Waals surface area contributed by atoms with E-state index in [-0.39, 0.29) is 0 Å². The summed E-state index contributed by atoms with van der Waals surface area (Å²) in [5, 5.41) is 11.1. The zero-order valence-corrected chi connectivity index (χ0v) is 6.44. The molecule has 3 N–H and O–H groups in total. The van der Waals surface area contributed by atoms with E-state index in [0.29, 0.717) is 5.82 Å². The lowest BCUT2D eigenvalue weighted by Crippen LogP contribution is -2.33. The van der Waals surface area contributed by atoms with Gasteiger partial charge < -0.3 is 5.21 Å². The van der Waals surface area contributed by atoms with Crippen LogP contribution >= 0.6 is 0 Å². The monoisotopic (exact) mass is 161 g/mol. The van der Waals surface area contributed by atoms with Gasteiger partial charge in [-0.05, 0) is 17.5 Å². The number of aromatic nitrogens is 1. The molecule has 2 rings (SSSR count). The van der Waals surface area contributed by atoms with Gasteiger partial charge in [0.25, 0.3) is 0 Å². The molecular formula is C9H9N2O+. The van der Waals surface area contributed by atoms with Crippen molar-refractivity contribution < 1.29 is 9.94 Å². The quantitative estimate of drug-likeness (QED) is 0.446. The van der Waals surface area contributed by atoms with Crippen molar-refractivity contribution in [1.82, 2.24) is 0 Å². The molecule has 1 heterocycles. The summed E-state index contributed by atoms with van der Waals surface area (Å²) in [6, 6.07) is 9.46. The van der Waals surface area contributed by atoms with Gasteiger partial charge in [0, 0.05) is 0 Å². The number of nitrogen functional groups attached to an aromatic ring is 1. The van der Waals surface area contributed by atoms with Gasteiger partial charge in [-0.3, -0.25) is 5.73 Å². The second-order valence-electron chi connectivity index (χ2n) is 2.63. The third-order valence-corrected chi connectivity index (χ3v) is 1.88. The van der Waals surface area contributed by atoms with Crippen LogP contribution < -0.4 is 10.5 Å². The first-order valence-electron chi connectivity index (χ1n) is 3.67. The number of hydrogen-bond acceptors (Lipinski definition) is 2. The van der Waals surface area contributed by atoms with Crippen molar-refractivity contribution in [3.8, 4) is 0 Å². The van der Waals surface area contributed by atoms with Crippen molar-refractivity contribution in [2.75, 3.05) is 5.73 Å². The second-order valence-corrected chi connectivity index (χ2v) is 2.63. The molecule has 0 radical (unpaired) electrons. The Kier molecular flexibility index (Phi) is 1.37. The molecule has 0 spiro atoms. The number of nitrogens with zero attached hydrogens (tertiary/aromatic N) is 1. The fraction of sp³-hybridized carbons (Fsp3) is 0. The molecule has 3 nitrogen and oxygen atoms in total. The van der Waals surface area contributed by atoms with Crippen LogP contribution in [0.2, 0.25) is 0 Å². The number of hydrogen-bond donors (Lipinski definition) is 2. The van der Waals surface area contributed by atoms with Crippen LogP contribution in [0, 0.1) is 0 Å². The van der Waals surface area contributed by atoms with E-state index >= 15 is 0 Å². The molecule has 0 atom stereocenters. The largest absolute Gasteiger partial charge is 0.350 e. The van der Waals surface area contributed by atoms with E-state index in [1.54, 1.807) is 0 Å². The lowest BCUT2D eigenvalue weighted by molar-refractivity contribution is -0.892. The Labute approximate surface area is 69.6 Å². The van der Waals surface area contributed by atoms with Gasteiger partial charge >= 0.3 is 5.82 Å². The summed E-state index contributed by atoms with van der Waals surface area (Å²) in [4.78, 5) is 0. The van der Waals surface area contributed by atoms with E-state index in [0.717, 1.165) is 15.5 Å². The molecule has 3 heteroatoms. The number of nitrogens with two attached hydrogens (primary N) is 1. The van der Waals surface area contributed by atoms with Crippen molar-refractivity contribution >= 4 is 16.6 Å². The average Bonchev–Trinajstić information content (AvgIpc) is 2.12. The summed E-state index contributed by atoms with van der Waals surface area (Å²) in [6.07, 6.45) is 1.53. The normalized spacial score (nSPS) is 10.3. The van der Waals surface area contributed by atoms with Gasteiger partial charge in [0.05, 0.1) is 5.39 Å². The maximum absolute atomic E-state index is 9.21. The molecule has 0 aliphatic carbocycles. The molecule has 0 saturated heterocycles. The average molecular weight is 161 g/mol. The van der Waals surface area contributed by atoms with Gasteiger partial charge in [-0.25, -0.2) is 0 Å². The van der Waals surface area contributed by atoms with Gasteiger partial charge in [-0.2, -0.15) is 0 Å².